The van der Waals surface area contributed by atoms with Crippen molar-refractivity contribution < 1.29 is 0 Å². The molecule has 1 aliphatic rings. The van der Waals surface area contributed by atoms with Crippen LogP contribution in [0.3, 0.4) is 0 Å². The van der Waals surface area contributed by atoms with Crippen LogP contribution >= 0.6 is 0 Å². The predicted molar refractivity (Wildman–Crippen MR) is 78.1 cm³/mol. The maximum Gasteiger partial charge on any atom is 0.0893 e. The van der Waals surface area contributed by atoms with E-state index in [1.807, 2.05) is 42.5 Å². The van der Waals surface area contributed by atoms with Crippen molar-refractivity contribution in [2.75, 3.05) is 5.73 Å². The number of hydrogen-bond acceptors (Lipinski definition) is 3. The monoisotopic (exact) mass is 251 g/mol. The quantitative estimate of drug-likeness (QED) is 0.617. The number of nitrogens with zero attached hydrogens (tertiary/aromatic N) is 2. The average molecular weight is 251 g/mol. The molecule has 2 N–H and O–H groups in total. The smallest absolute Gasteiger partial charge is 0.0893 e. The van der Waals surface area contributed by atoms with Crippen LogP contribution in [0.1, 0.15) is 24.0 Å². The second-order valence-corrected chi connectivity index (χ2v) is 4.87. The molecule has 2 aromatic carbocycles. The minimum Gasteiger partial charge on any atom is -0.398 e. The molecule has 0 heterocycles. The Balaban J connectivity index is 1.95. The van der Waals surface area contributed by atoms with Crippen LogP contribution in [0.15, 0.2) is 52.7 Å². The van der Waals surface area contributed by atoms with Gasteiger partial charge in [0.25, 0.3) is 0 Å². The summed E-state index contributed by atoms with van der Waals surface area (Å²) in [4.78, 5) is 0. The lowest BCUT2D eigenvalue weighted by Crippen LogP contribution is -2.06. The highest BCUT2D eigenvalue weighted by atomic mass is 15.1. The number of nitrogen functional groups attached to an aromatic ring is 1. The Morgan fingerprint density at radius 3 is 2.32 bits per heavy atom. The minimum absolute atomic E-state index is 0.879. The number of nitrogens with two attached hydrogens (primary N) is 1. The molecule has 0 saturated carbocycles. The van der Waals surface area contributed by atoms with Crippen molar-refractivity contribution >= 4 is 17.1 Å². The SMILES string of the molecule is Nc1ccc(N=Nc2ccccc2)c2c1CCCC2. The lowest BCUT2D eigenvalue weighted by Gasteiger charge is -2.18. The van der Waals surface area contributed by atoms with E-state index in [1.54, 1.807) is 0 Å². The van der Waals surface area contributed by atoms with Crippen molar-refractivity contribution in [2.45, 2.75) is 25.7 Å². The van der Waals surface area contributed by atoms with Crippen LogP contribution in [0.25, 0.3) is 0 Å². The molecule has 0 fully saturated rings. The molecule has 0 saturated heterocycles. The Hall–Kier alpha value is -2.16. The van der Waals surface area contributed by atoms with Gasteiger partial charge < -0.3 is 5.73 Å². The van der Waals surface area contributed by atoms with Crippen molar-refractivity contribution in [2.24, 2.45) is 10.2 Å². The van der Waals surface area contributed by atoms with E-state index >= 15 is 0 Å². The maximum atomic E-state index is 6.05. The van der Waals surface area contributed by atoms with Gasteiger partial charge in [-0.1, -0.05) is 18.2 Å². The van der Waals surface area contributed by atoms with Gasteiger partial charge in [-0.25, -0.2) is 0 Å². The third-order valence-electron chi connectivity index (χ3n) is 3.58. The van der Waals surface area contributed by atoms with E-state index in [1.165, 1.54) is 24.0 Å². The minimum atomic E-state index is 0.879. The van der Waals surface area contributed by atoms with Gasteiger partial charge in [-0.05, 0) is 61.1 Å². The molecule has 0 unspecified atom stereocenters. The summed E-state index contributed by atoms with van der Waals surface area (Å²) in [6.07, 6.45) is 4.56. The third-order valence-corrected chi connectivity index (χ3v) is 3.58. The lowest BCUT2D eigenvalue weighted by atomic mass is 9.89. The summed E-state index contributed by atoms with van der Waals surface area (Å²) in [5, 5.41) is 8.70. The fourth-order valence-corrected chi connectivity index (χ4v) is 2.58. The second kappa shape index (κ2) is 5.22. The predicted octanol–water partition coefficient (Wildman–Crippen LogP) is 4.56. The van der Waals surface area contributed by atoms with E-state index < -0.39 is 0 Å². The van der Waals surface area contributed by atoms with E-state index in [2.05, 4.69) is 10.2 Å². The van der Waals surface area contributed by atoms with Gasteiger partial charge in [-0.2, -0.15) is 10.2 Å². The van der Waals surface area contributed by atoms with Crippen LogP contribution in [0.5, 0.6) is 0 Å². The average Bonchev–Trinajstić information content (AvgIpc) is 2.48. The van der Waals surface area contributed by atoms with Crippen molar-refractivity contribution in [3.05, 3.63) is 53.6 Å². The summed E-state index contributed by atoms with van der Waals surface area (Å²) in [5.41, 5.74) is 11.3. The molecule has 19 heavy (non-hydrogen) atoms. The molecule has 96 valence electrons. The topological polar surface area (TPSA) is 50.7 Å². The lowest BCUT2D eigenvalue weighted by molar-refractivity contribution is 0.687. The summed E-state index contributed by atoms with van der Waals surface area (Å²) in [6, 6.07) is 13.7. The van der Waals surface area contributed by atoms with Crippen LogP contribution in [-0.2, 0) is 12.8 Å². The zero-order valence-corrected chi connectivity index (χ0v) is 10.8. The molecule has 0 aliphatic heterocycles. The number of hydrogen-bond donors (Lipinski definition) is 1. The third kappa shape index (κ3) is 2.50. The van der Waals surface area contributed by atoms with Crippen LogP contribution < -0.4 is 5.73 Å². The van der Waals surface area contributed by atoms with Gasteiger partial charge >= 0.3 is 0 Å². The first-order valence-corrected chi connectivity index (χ1v) is 6.71. The first-order valence-electron chi connectivity index (χ1n) is 6.71. The van der Waals surface area contributed by atoms with Crippen LogP contribution in [0, 0.1) is 0 Å². The van der Waals surface area contributed by atoms with Crippen LogP contribution in [-0.4, -0.2) is 0 Å². The standard InChI is InChI=1S/C16H17N3/c17-15-10-11-16(14-9-5-4-8-13(14)15)19-18-12-6-2-1-3-7-12/h1-3,6-7,10-11H,4-5,8-9,17H2. The van der Waals surface area contributed by atoms with Crippen molar-refractivity contribution in [1.82, 2.24) is 0 Å². The van der Waals surface area contributed by atoms with E-state index in [4.69, 9.17) is 5.73 Å². The van der Waals surface area contributed by atoms with E-state index in [-0.39, 0.29) is 0 Å². The molecule has 0 aromatic heterocycles. The fourth-order valence-electron chi connectivity index (χ4n) is 2.58. The van der Waals surface area contributed by atoms with E-state index in [0.717, 1.165) is 29.9 Å². The molecule has 3 heteroatoms. The summed E-state index contributed by atoms with van der Waals surface area (Å²) >= 11 is 0. The normalized spacial score (nSPS) is 14.5. The Morgan fingerprint density at radius 2 is 1.53 bits per heavy atom. The number of azo groups is 1. The number of fused-ring (bicyclic) bond motifs is 1. The highest BCUT2D eigenvalue weighted by molar-refractivity contribution is 5.62. The highest BCUT2D eigenvalue weighted by Crippen LogP contribution is 2.34. The summed E-state index contributed by atoms with van der Waals surface area (Å²) in [5.74, 6) is 0. The molecular weight excluding hydrogens is 234 g/mol. The van der Waals surface area contributed by atoms with Gasteiger partial charge in [-0.15, -0.1) is 0 Å². The Bertz CT molecular complexity index is 603. The Morgan fingerprint density at radius 1 is 0.789 bits per heavy atom. The van der Waals surface area contributed by atoms with Gasteiger partial charge in [-0.3, -0.25) is 0 Å². The van der Waals surface area contributed by atoms with Crippen LogP contribution in [0.4, 0.5) is 17.1 Å². The van der Waals surface area contributed by atoms with Crippen molar-refractivity contribution in [3.63, 3.8) is 0 Å². The maximum absolute atomic E-state index is 6.05. The molecule has 2 aromatic rings. The molecule has 3 nitrogen and oxygen atoms in total. The second-order valence-electron chi connectivity index (χ2n) is 4.87. The first kappa shape index (κ1) is 11.9. The molecule has 0 bridgehead atoms. The van der Waals surface area contributed by atoms with Gasteiger partial charge in [0, 0.05) is 5.69 Å². The van der Waals surface area contributed by atoms with Gasteiger partial charge in [0.05, 0.1) is 11.4 Å². The van der Waals surface area contributed by atoms with Gasteiger partial charge in [0.15, 0.2) is 0 Å². The van der Waals surface area contributed by atoms with Crippen molar-refractivity contribution in [1.29, 1.82) is 0 Å². The van der Waals surface area contributed by atoms with Crippen molar-refractivity contribution in [3.8, 4) is 0 Å². The summed E-state index contributed by atoms with van der Waals surface area (Å²) in [6.45, 7) is 0. The molecule has 0 spiro atoms. The molecule has 0 radical (unpaired) electrons. The number of anilines is 1. The molecule has 0 atom stereocenters. The zero-order chi connectivity index (χ0) is 13.1. The molecule has 1 aliphatic carbocycles. The summed E-state index contributed by atoms with van der Waals surface area (Å²) in [7, 11) is 0. The fraction of sp³-hybridized carbons (Fsp3) is 0.250. The largest absolute Gasteiger partial charge is 0.398 e. The number of rotatable bonds is 2. The summed E-state index contributed by atoms with van der Waals surface area (Å²) < 4.78 is 0. The Kier molecular flexibility index (Phi) is 3.27. The van der Waals surface area contributed by atoms with Gasteiger partial charge in [0.1, 0.15) is 0 Å². The van der Waals surface area contributed by atoms with Crippen LogP contribution in [0.2, 0.25) is 0 Å². The Labute approximate surface area is 113 Å². The molecule has 3 rings (SSSR count). The number of benzene rings is 2. The van der Waals surface area contributed by atoms with Gasteiger partial charge in [0.2, 0.25) is 0 Å². The first-order chi connectivity index (χ1) is 9.34. The van der Waals surface area contributed by atoms with E-state index in [0.29, 0.717) is 0 Å². The zero-order valence-electron chi connectivity index (χ0n) is 10.8. The highest BCUT2D eigenvalue weighted by Gasteiger charge is 2.15. The molecular formula is C16H17N3. The molecule has 0 amide bonds. The van der Waals surface area contributed by atoms with E-state index in [9.17, 15) is 0 Å².